The van der Waals surface area contributed by atoms with E-state index in [9.17, 15) is 14.7 Å². The van der Waals surface area contributed by atoms with Crippen LogP contribution in [0.4, 0.5) is 0 Å². The molecule has 1 aliphatic rings. The van der Waals surface area contributed by atoms with E-state index in [0.29, 0.717) is 13.0 Å². The standard InChI is InChI=1S/C7H11NO3/c1-5(7(10)11)8-4-2-3-6(8)9/h5H,2-4H2,1H3,(H,10,11)/p-1/t5-/m1/s1. The zero-order chi connectivity index (χ0) is 8.43. The van der Waals surface area contributed by atoms with Crippen LogP contribution in [0, 0.1) is 0 Å². The van der Waals surface area contributed by atoms with Crippen molar-refractivity contribution in [3.8, 4) is 0 Å². The van der Waals surface area contributed by atoms with E-state index in [-0.39, 0.29) is 5.91 Å². The molecule has 0 spiro atoms. The van der Waals surface area contributed by atoms with Crippen LogP contribution in [0.5, 0.6) is 0 Å². The first-order valence-electron chi connectivity index (χ1n) is 3.63. The van der Waals surface area contributed by atoms with E-state index < -0.39 is 12.0 Å². The van der Waals surface area contributed by atoms with E-state index in [1.807, 2.05) is 0 Å². The largest absolute Gasteiger partial charge is 0.548 e. The Kier molecular flexibility index (Phi) is 2.12. The van der Waals surface area contributed by atoms with Crippen LogP contribution >= 0.6 is 0 Å². The molecule has 0 unspecified atom stereocenters. The molecule has 1 amide bonds. The average molecular weight is 156 g/mol. The second-order valence-electron chi connectivity index (χ2n) is 2.69. The van der Waals surface area contributed by atoms with Crippen LogP contribution in [0.15, 0.2) is 0 Å². The third-order valence-corrected chi connectivity index (χ3v) is 1.92. The quantitative estimate of drug-likeness (QED) is 0.501. The fraction of sp³-hybridized carbons (Fsp3) is 0.714. The van der Waals surface area contributed by atoms with E-state index in [1.54, 1.807) is 0 Å². The fourth-order valence-electron chi connectivity index (χ4n) is 1.21. The van der Waals surface area contributed by atoms with Crippen molar-refractivity contribution < 1.29 is 14.7 Å². The van der Waals surface area contributed by atoms with Crippen molar-refractivity contribution >= 4 is 11.9 Å². The van der Waals surface area contributed by atoms with Gasteiger partial charge in [-0.15, -0.1) is 0 Å². The van der Waals surface area contributed by atoms with Gasteiger partial charge in [-0.1, -0.05) is 0 Å². The molecular formula is C7H10NO3-. The zero-order valence-corrected chi connectivity index (χ0v) is 6.37. The molecular weight excluding hydrogens is 146 g/mol. The summed E-state index contributed by atoms with van der Waals surface area (Å²) in [6, 6.07) is -0.773. The van der Waals surface area contributed by atoms with Crippen LogP contribution in [0.25, 0.3) is 0 Å². The number of carbonyl (C=O) groups is 2. The number of likely N-dealkylation sites (tertiary alicyclic amines) is 1. The Bertz CT molecular complexity index is 190. The highest BCUT2D eigenvalue weighted by Crippen LogP contribution is 2.12. The minimum Gasteiger partial charge on any atom is -0.548 e. The minimum absolute atomic E-state index is 0.0818. The Morgan fingerprint density at radius 2 is 2.36 bits per heavy atom. The summed E-state index contributed by atoms with van der Waals surface area (Å²) in [4.78, 5) is 22.6. The molecule has 0 aliphatic carbocycles. The second-order valence-corrected chi connectivity index (χ2v) is 2.69. The molecule has 1 heterocycles. The number of aliphatic carboxylic acids is 1. The number of carboxylic acids is 1. The van der Waals surface area contributed by atoms with Gasteiger partial charge in [0.25, 0.3) is 0 Å². The van der Waals surface area contributed by atoms with Crippen LogP contribution in [0.2, 0.25) is 0 Å². The molecule has 0 saturated carbocycles. The van der Waals surface area contributed by atoms with Crippen LogP contribution in [0.1, 0.15) is 19.8 Å². The SMILES string of the molecule is C[C@H](C(=O)[O-])N1CCCC1=O. The number of nitrogens with zero attached hydrogens (tertiary/aromatic N) is 1. The van der Waals surface area contributed by atoms with Gasteiger partial charge >= 0.3 is 0 Å². The lowest BCUT2D eigenvalue weighted by molar-refractivity contribution is -0.310. The summed E-state index contributed by atoms with van der Waals surface area (Å²) in [6.45, 7) is 2.02. The molecule has 0 aromatic carbocycles. The molecule has 0 aromatic heterocycles. The number of rotatable bonds is 2. The van der Waals surface area contributed by atoms with Crippen molar-refractivity contribution in [3.05, 3.63) is 0 Å². The van der Waals surface area contributed by atoms with E-state index in [4.69, 9.17) is 0 Å². The first-order chi connectivity index (χ1) is 5.13. The summed E-state index contributed by atoms with van der Waals surface area (Å²) in [7, 11) is 0. The number of carbonyl (C=O) groups excluding carboxylic acids is 2. The van der Waals surface area contributed by atoms with Gasteiger partial charge in [-0.2, -0.15) is 0 Å². The Morgan fingerprint density at radius 3 is 2.73 bits per heavy atom. The predicted molar refractivity (Wildman–Crippen MR) is 35.4 cm³/mol. The summed E-state index contributed by atoms with van der Waals surface area (Å²) >= 11 is 0. The Labute approximate surface area is 64.8 Å². The molecule has 62 valence electrons. The highest BCUT2D eigenvalue weighted by Gasteiger charge is 2.25. The van der Waals surface area contributed by atoms with Gasteiger partial charge < -0.3 is 14.8 Å². The molecule has 1 saturated heterocycles. The molecule has 4 heteroatoms. The molecule has 4 nitrogen and oxygen atoms in total. The minimum atomic E-state index is -1.18. The molecule has 0 radical (unpaired) electrons. The molecule has 0 N–H and O–H groups in total. The van der Waals surface area contributed by atoms with Crippen LogP contribution in [-0.2, 0) is 9.59 Å². The molecule has 1 atom stereocenters. The van der Waals surface area contributed by atoms with Gasteiger partial charge in [0.2, 0.25) is 5.91 Å². The van der Waals surface area contributed by atoms with Crippen LogP contribution in [-0.4, -0.2) is 29.4 Å². The second kappa shape index (κ2) is 2.90. The fourth-order valence-corrected chi connectivity index (χ4v) is 1.21. The first kappa shape index (κ1) is 8.04. The maximum absolute atomic E-state index is 11.0. The summed E-state index contributed by atoms with van der Waals surface area (Å²) in [5.41, 5.74) is 0. The van der Waals surface area contributed by atoms with Crippen LogP contribution < -0.4 is 5.11 Å². The number of hydrogen-bond donors (Lipinski definition) is 0. The van der Waals surface area contributed by atoms with E-state index in [2.05, 4.69) is 0 Å². The highest BCUT2D eigenvalue weighted by atomic mass is 16.4. The van der Waals surface area contributed by atoms with Crippen molar-refractivity contribution in [1.29, 1.82) is 0 Å². The lowest BCUT2D eigenvalue weighted by atomic mass is 10.3. The Balaban J connectivity index is 2.59. The molecule has 1 fully saturated rings. The summed E-state index contributed by atoms with van der Waals surface area (Å²) in [5, 5.41) is 10.3. The van der Waals surface area contributed by atoms with Crippen LogP contribution in [0.3, 0.4) is 0 Å². The van der Waals surface area contributed by atoms with Gasteiger partial charge in [0.15, 0.2) is 0 Å². The van der Waals surface area contributed by atoms with Crippen molar-refractivity contribution in [2.75, 3.05) is 6.54 Å². The molecule has 1 rings (SSSR count). The monoisotopic (exact) mass is 156 g/mol. The van der Waals surface area contributed by atoms with E-state index in [0.717, 1.165) is 6.42 Å². The smallest absolute Gasteiger partial charge is 0.223 e. The third-order valence-electron chi connectivity index (χ3n) is 1.92. The first-order valence-corrected chi connectivity index (χ1v) is 3.63. The van der Waals surface area contributed by atoms with Gasteiger partial charge in [-0.05, 0) is 13.3 Å². The third kappa shape index (κ3) is 1.50. The lowest BCUT2D eigenvalue weighted by Crippen LogP contribution is -2.46. The van der Waals surface area contributed by atoms with Gasteiger partial charge in [0, 0.05) is 13.0 Å². The Morgan fingerprint density at radius 1 is 1.73 bits per heavy atom. The van der Waals surface area contributed by atoms with Gasteiger partial charge in [0.05, 0.1) is 12.0 Å². The molecule has 0 aromatic rings. The normalized spacial score (nSPS) is 20.5. The van der Waals surface area contributed by atoms with Gasteiger partial charge in [0.1, 0.15) is 0 Å². The van der Waals surface area contributed by atoms with Gasteiger partial charge in [-0.3, -0.25) is 4.79 Å². The van der Waals surface area contributed by atoms with Crippen molar-refractivity contribution in [2.45, 2.75) is 25.8 Å². The van der Waals surface area contributed by atoms with Crippen molar-refractivity contribution in [3.63, 3.8) is 0 Å². The summed E-state index contributed by atoms with van der Waals surface area (Å²) < 4.78 is 0. The number of amides is 1. The highest BCUT2D eigenvalue weighted by molar-refractivity contribution is 5.83. The molecule has 0 bridgehead atoms. The zero-order valence-electron chi connectivity index (χ0n) is 6.37. The maximum atomic E-state index is 11.0. The predicted octanol–water partition coefficient (Wildman–Crippen LogP) is -1.25. The average Bonchev–Trinajstić information content (AvgIpc) is 2.33. The van der Waals surface area contributed by atoms with Gasteiger partial charge in [-0.25, -0.2) is 0 Å². The topological polar surface area (TPSA) is 60.4 Å². The molecule has 11 heavy (non-hydrogen) atoms. The lowest BCUT2D eigenvalue weighted by Gasteiger charge is -2.24. The van der Waals surface area contributed by atoms with E-state index >= 15 is 0 Å². The van der Waals surface area contributed by atoms with E-state index in [1.165, 1.54) is 11.8 Å². The Hall–Kier alpha value is -1.06. The maximum Gasteiger partial charge on any atom is 0.223 e. The number of carboxylic acid groups (broad SMARTS) is 1. The van der Waals surface area contributed by atoms with Crippen molar-refractivity contribution in [1.82, 2.24) is 4.90 Å². The van der Waals surface area contributed by atoms with Crippen molar-refractivity contribution in [2.24, 2.45) is 0 Å². The molecule has 1 aliphatic heterocycles. The summed E-state index contributed by atoms with van der Waals surface area (Å²) in [5.74, 6) is -1.26. The number of hydrogen-bond acceptors (Lipinski definition) is 3. The summed E-state index contributed by atoms with van der Waals surface area (Å²) in [6.07, 6.45) is 1.23.